The molecule has 170 valence electrons. The summed E-state index contributed by atoms with van der Waals surface area (Å²) in [6, 6.07) is 13.5. The van der Waals surface area contributed by atoms with Crippen LogP contribution in [0.3, 0.4) is 0 Å². The minimum atomic E-state index is -0.164. The van der Waals surface area contributed by atoms with Crippen LogP contribution in [-0.2, 0) is 6.42 Å². The first-order chi connectivity index (χ1) is 15.8. The van der Waals surface area contributed by atoms with Crippen LogP contribution in [0.4, 0.5) is 0 Å². The number of hydrogen-bond acceptors (Lipinski definition) is 3. The van der Waals surface area contributed by atoms with E-state index in [0.717, 1.165) is 50.5 Å². The predicted molar refractivity (Wildman–Crippen MR) is 140 cm³/mol. The summed E-state index contributed by atoms with van der Waals surface area (Å²) in [6.07, 6.45) is 4.39. The molecule has 2 heterocycles. The second-order valence-electron chi connectivity index (χ2n) is 8.20. The molecule has 7 heteroatoms. The molecule has 0 amide bonds. The maximum atomic E-state index is 13.3. The molecule has 0 radical (unpaired) electrons. The van der Waals surface area contributed by atoms with E-state index in [1.807, 2.05) is 38.1 Å². The van der Waals surface area contributed by atoms with Gasteiger partial charge in [0.05, 0.1) is 17.1 Å². The number of unbranched alkanes of at least 4 members (excludes halogenated alkanes) is 1. The maximum absolute atomic E-state index is 13.3. The van der Waals surface area contributed by atoms with Crippen LogP contribution in [0, 0.1) is 20.8 Å². The number of benzene rings is 2. The monoisotopic (exact) mass is 524 g/mol. The van der Waals surface area contributed by atoms with Crippen molar-refractivity contribution in [3.8, 4) is 5.69 Å². The number of halogens is 2. The molecule has 0 N–H and O–H groups in total. The third-order valence-electron chi connectivity index (χ3n) is 5.89. The van der Waals surface area contributed by atoms with Crippen LogP contribution in [0.15, 0.2) is 56.8 Å². The molecule has 0 aliphatic heterocycles. The molecule has 2 aromatic heterocycles. The number of nitrogens with zero attached hydrogens (tertiary/aromatic N) is 4. The molecule has 0 bridgehead atoms. The van der Waals surface area contributed by atoms with Crippen molar-refractivity contribution in [3.63, 3.8) is 0 Å². The Hall–Kier alpha value is -2.70. The molecule has 0 saturated heterocycles. The highest BCUT2D eigenvalue weighted by Crippen LogP contribution is 2.27. The first kappa shape index (κ1) is 23.5. The summed E-state index contributed by atoms with van der Waals surface area (Å²) < 4.78 is 4.45. The zero-order chi connectivity index (χ0) is 23.7. The molecule has 0 saturated carbocycles. The van der Waals surface area contributed by atoms with E-state index in [2.05, 4.69) is 51.6 Å². The van der Waals surface area contributed by atoms with Crippen molar-refractivity contribution in [2.75, 3.05) is 0 Å². The molecular weight excluding hydrogens is 500 g/mol. The fraction of sp³-hybridized carbons (Fsp3) is 0.269. The zero-order valence-corrected chi connectivity index (χ0v) is 21.5. The summed E-state index contributed by atoms with van der Waals surface area (Å²) in [4.78, 5) is 18.1. The average molecular weight is 526 g/mol. The Balaban J connectivity index is 1.82. The Bertz CT molecular complexity index is 1430. The number of rotatable bonds is 6. The minimum Gasteiger partial charge on any atom is -0.318 e. The van der Waals surface area contributed by atoms with Crippen molar-refractivity contribution < 1.29 is 0 Å². The van der Waals surface area contributed by atoms with Crippen molar-refractivity contribution >= 4 is 44.6 Å². The van der Waals surface area contributed by atoms with Crippen LogP contribution >= 0.6 is 27.5 Å². The van der Waals surface area contributed by atoms with E-state index in [0.29, 0.717) is 23.1 Å². The molecule has 0 aliphatic carbocycles. The van der Waals surface area contributed by atoms with Crippen LogP contribution in [-0.4, -0.2) is 20.4 Å². The van der Waals surface area contributed by atoms with Crippen molar-refractivity contribution in [1.29, 1.82) is 0 Å². The summed E-state index contributed by atoms with van der Waals surface area (Å²) in [5, 5.41) is 5.90. The van der Waals surface area contributed by atoms with Crippen molar-refractivity contribution in [2.45, 2.75) is 47.0 Å². The largest absolute Gasteiger partial charge is 0.318 e. The minimum absolute atomic E-state index is 0.164. The van der Waals surface area contributed by atoms with Gasteiger partial charge in [0.2, 0.25) is 0 Å². The smallest absolute Gasteiger partial charge is 0.282 e. The highest BCUT2D eigenvalue weighted by Gasteiger charge is 2.14. The molecule has 4 aromatic rings. The van der Waals surface area contributed by atoms with E-state index in [-0.39, 0.29) is 5.56 Å². The van der Waals surface area contributed by atoms with Gasteiger partial charge >= 0.3 is 0 Å². The Morgan fingerprint density at radius 3 is 2.70 bits per heavy atom. The molecule has 0 fully saturated rings. The van der Waals surface area contributed by atoms with Crippen LogP contribution in [0.1, 0.15) is 48.1 Å². The molecule has 2 aromatic carbocycles. The van der Waals surface area contributed by atoms with E-state index in [9.17, 15) is 4.79 Å². The van der Waals surface area contributed by atoms with E-state index < -0.39 is 0 Å². The van der Waals surface area contributed by atoms with Crippen molar-refractivity contribution in [3.05, 3.63) is 90.7 Å². The quantitative estimate of drug-likeness (QED) is 0.261. The standard InChI is InChI=1S/C26H26BrClN4O/c1-5-6-10-25-30-23-12-11-20(27)14-21(23)26(33)32(25)29-15-19-13-16(2)31(18(19)4)24-9-7-8-22(28)17(24)3/h7-9,11-15H,5-6,10H2,1-4H3. The Morgan fingerprint density at radius 1 is 1.15 bits per heavy atom. The third kappa shape index (κ3) is 4.55. The van der Waals surface area contributed by atoms with Gasteiger partial charge in [-0.15, -0.1) is 0 Å². The van der Waals surface area contributed by atoms with Gasteiger partial charge in [-0.25, -0.2) is 4.98 Å². The lowest BCUT2D eigenvalue weighted by Gasteiger charge is -2.13. The zero-order valence-electron chi connectivity index (χ0n) is 19.2. The number of hydrogen-bond donors (Lipinski definition) is 0. The summed E-state index contributed by atoms with van der Waals surface area (Å²) in [5.41, 5.74) is 5.62. The second-order valence-corrected chi connectivity index (χ2v) is 9.52. The van der Waals surface area contributed by atoms with Gasteiger partial charge in [0, 0.05) is 38.6 Å². The molecule has 0 atom stereocenters. The SMILES string of the molecule is CCCCc1nc2ccc(Br)cc2c(=O)n1N=Cc1cc(C)n(-c2cccc(Cl)c2C)c1C. The topological polar surface area (TPSA) is 52.2 Å². The van der Waals surface area contributed by atoms with Gasteiger partial charge in [-0.3, -0.25) is 4.79 Å². The fourth-order valence-corrected chi connectivity index (χ4v) is 4.59. The fourth-order valence-electron chi connectivity index (χ4n) is 4.06. The molecular formula is C26H26BrClN4O. The Kier molecular flexibility index (Phi) is 6.86. The van der Waals surface area contributed by atoms with E-state index in [1.165, 1.54) is 4.68 Å². The Morgan fingerprint density at radius 2 is 1.94 bits per heavy atom. The van der Waals surface area contributed by atoms with Crippen LogP contribution in [0.5, 0.6) is 0 Å². The summed E-state index contributed by atoms with van der Waals surface area (Å²) in [5.74, 6) is 0.674. The Labute approximate surface area is 206 Å². The van der Waals surface area contributed by atoms with Gasteiger partial charge in [0.1, 0.15) is 5.82 Å². The lowest BCUT2D eigenvalue weighted by atomic mass is 10.2. The molecule has 33 heavy (non-hydrogen) atoms. The number of fused-ring (bicyclic) bond motifs is 1. The van der Waals surface area contributed by atoms with Crippen molar-refractivity contribution in [1.82, 2.24) is 14.2 Å². The van der Waals surface area contributed by atoms with Crippen LogP contribution < -0.4 is 5.56 Å². The van der Waals surface area contributed by atoms with Gasteiger partial charge in [0.25, 0.3) is 5.56 Å². The number of aromatic nitrogens is 3. The third-order valence-corrected chi connectivity index (χ3v) is 6.79. The van der Waals surface area contributed by atoms with E-state index in [1.54, 1.807) is 12.3 Å². The summed E-state index contributed by atoms with van der Waals surface area (Å²) in [6.45, 7) is 8.24. The van der Waals surface area contributed by atoms with Gasteiger partial charge in [-0.05, 0) is 69.2 Å². The maximum Gasteiger partial charge on any atom is 0.282 e. The molecule has 0 aliphatic rings. The van der Waals surface area contributed by atoms with Gasteiger partial charge < -0.3 is 4.57 Å². The normalized spacial score (nSPS) is 11.7. The molecule has 0 unspecified atom stereocenters. The molecule has 5 nitrogen and oxygen atoms in total. The number of aryl methyl sites for hydroxylation is 2. The highest BCUT2D eigenvalue weighted by atomic mass is 79.9. The van der Waals surface area contributed by atoms with E-state index in [4.69, 9.17) is 16.6 Å². The van der Waals surface area contributed by atoms with Crippen molar-refractivity contribution in [2.24, 2.45) is 5.10 Å². The lowest BCUT2D eigenvalue weighted by molar-refractivity contribution is 0.675. The summed E-state index contributed by atoms with van der Waals surface area (Å²) >= 11 is 9.82. The summed E-state index contributed by atoms with van der Waals surface area (Å²) in [7, 11) is 0. The van der Waals surface area contributed by atoms with Gasteiger partial charge in [-0.2, -0.15) is 9.78 Å². The second kappa shape index (κ2) is 9.65. The highest BCUT2D eigenvalue weighted by molar-refractivity contribution is 9.10. The molecule has 0 spiro atoms. The van der Waals surface area contributed by atoms with E-state index >= 15 is 0 Å². The lowest BCUT2D eigenvalue weighted by Crippen LogP contribution is -2.22. The van der Waals surface area contributed by atoms with Gasteiger partial charge in [0.15, 0.2) is 0 Å². The molecule has 4 rings (SSSR count). The van der Waals surface area contributed by atoms with Crippen LogP contribution in [0.25, 0.3) is 16.6 Å². The van der Waals surface area contributed by atoms with Crippen LogP contribution in [0.2, 0.25) is 5.02 Å². The first-order valence-corrected chi connectivity index (χ1v) is 12.2. The predicted octanol–water partition coefficient (Wildman–Crippen LogP) is 6.75. The average Bonchev–Trinajstić information content (AvgIpc) is 3.07. The first-order valence-electron chi connectivity index (χ1n) is 11.0. The van der Waals surface area contributed by atoms with Gasteiger partial charge in [-0.1, -0.05) is 46.9 Å².